The van der Waals surface area contributed by atoms with Crippen molar-refractivity contribution in [3.63, 3.8) is 0 Å². The van der Waals surface area contributed by atoms with E-state index >= 15 is 0 Å². The van der Waals surface area contributed by atoms with E-state index < -0.39 is 6.10 Å². The van der Waals surface area contributed by atoms with Crippen molar-refractivity contribution in [2.75, 3.05) is 32.8 Å². The molecule has 3 atom stereocenters. The summed E-state index contributed by atoms with van der Waals surface area (Å²) in [4.78, 5) is 2.31. The molecule has 1 fully saturated rings. The number of likely N-dealkylation sites (tertiary alicyclic amines) is 1. The largest absolute Gasteiger partial charge is 0.389 e. The molecule has 0 spiro atoms. The van der Waals surface area contributed by atoms with Crippen molar-refractivity contribution >= 4 is 0 Å². The lowest BCUT2D eigenvalue weighted by Gasteiger charge is -2.20. The zero-order valence-electron chi connectivity index (χ0n) is 14.6. The molecule has 1 unspecified atom stereocenters. The topological polar surface area (TPSA) is 58.7 Å². The monoisotopic (exact) mass is 340 g/mol. The fraction of sp³-hybridized carbons (Fsp3) is 0.429. The molecule has 4 heteroatoms. The van der Waals surface area contributed by atoms with Crippen LogP contribution in [0.15, 0.2) is 60.7 Å². The molecule has 0 amide bonds. The van der Waals surface area contributed by atoms with Gasteiger partial charge in [-0.25, -0.2) is 0 Å². The van der Waals surface area contributed by atoms with Gasteiger partial charge in [0, 0.05) is 25.6 Å². The SMILES string of the molecule is NC[C@@H]1CN(CC(O)COCc2ccccc2)C[C@H]1c1ccccc1. The average molecular weight is 340 g/mol. The number of nitrogens with two attached hydrogens (primary N) is 1. The van der Waals surface area contributed by atoms with Gasteiger partial charge in [-0.15, -0.1) is 0 Å². The zero-order valence-corrected chi connectivity index (χ0v) is 14.6. The molecule has 0 aliphatic carbocycles. The van der Waals surface area contributed by atoms with E-state index in [1.54, 1.807) is 0 Å². The number of aliphatic hydroxyl groups is 1. The fourth-order valence-corrected chi connectivity index (χ4v) is 3.66. The summed E-state index contributed by atoms with van der Waals surface area (Å²) in [5.41, 5.74) is 8.46. The molecule has 1 heterocycles. The summed E-state index contributed by atoms with van der Waals surface area (Å²) in [7, 11) is 0. The number of aliphatic hydroxyl groups excluding tert-OH is 1. The molecule has 25 heavy (non-hydrogen) atoms. The van der Waals surface area contributed by atoms with Gasteiger partial charge in [0.05, 0.1) is 19.3 Å². The second kappa shape index (κ2) is 9.11. The summed E-state index contributed by atoms with van der Waals surface area (Å²) in [6.45, 7) is 4.09. The highest BCUT2D eigenvalue weighted by molar-refractivity contribution is 5.22. The molecule has 4 nitrogen and oxygen atoms in total. The first-order valence-electron chi connectivity index (χ1n) is 9.03. The number of rotatable bonds is 8. The minimum atomic E-state index is -0.475. The summed E-state index contributed by atoms with van der Waals surface area (Å²) >= 11 is 0. The normalized spacial score (nSPS) is 22.2. The highest BCUT2D eigenvalue weighted by atomic mass is 16.5. The Kier molecular flexibility index (Phi) is 6.59. The van der Waals surface area contributed by atoms with Crippen molar-refractivity contribution in [1.82, 2.24) is 4.90 Å². The van der Waals surface area contributed by atoms with Crippen LogP contribution in [0.4, 0.5) is 0 Å². The Morgan fingerprint density at radius 3 is 2.40 bits per heavy atom. The Morgan fingerprint density at radius 2 is 1.72 bits per heavy atom. The van der Waals surface area contributed by atoms with Gasteiger partial charge in [-0.05, 0) is 23.6 Å². The van der Waals surface area contributed by atoms with Crippen molar-refractivity contribution in [2.24, 2.45) is 11.7 Å². The maximum Gasteiger partial charge on any atom is 0.0900 e. The van der Waals surface area contributed by atoms with Crippen LogP contribution in [0, 0.1) is 5.92 Å². The van der Waals surface area contributed by atoms with E-state index in [0.29, 0.717) is 38.1 Å². The van der Waals surface area contributed by atoms with E-state index in [1.807, 2.05) is 36.4 Å². The predicted octanol–water partition coefficient (Wildman–Crippen LogP) is 2.24. The first-order chi connectivity index (χ1) is 12.3. The molecule has 1 aliphatic rings. The third kappa shape index (κ3) is 5.13. The van der Waals surface area contributed by atoms with Gasteiger partial charge in [0.1, 0.15) is 0 Å². The molecule has 2 aromatic rings. The van der Waals surface area contributed by atoms with Crippen LogP contribution in [0.5, 0.6) is 0 Å². The number of hydrogen-bond donors (Lipinski definition) is 2. The van der Waals surface area contributed by atoms with Crippen molar-refractivity contribution < 1.29 is 9.84 Å². The molecule has 2 aromatic carbocycles. The number of hydrogen-bond acceptors (Lipinski definition) is 4. The van der Waals surface area contributed by atoms with Gasteiger partial charge in [-0.3, -0.25) is 4.90 Å². The number of nitrogens with zero attached hydrogens (tertiary/aromatic N) is 1. The Bertz CT molecular complexity index is 620. The van der Waals surface area contributed by atoms with Gasteiger partial charge in [0.15, 0.2) is 0 Å². The van der Waals surface area contributed by atoms with Gasteiger partial charge >= 0.3 is 0 Å². The van der Waals surface area contributed by atoms with Gasteiger partial charge in [0.25, 0.3) is 0 Å². The van der Waals surface area contributed by atoms with E-state index in [2.05, 4.69) is 29.2 Å². The van der Waals surface area contributed by atoms with Crippen molar-refractivity contribution in [3.8, 4) is 0 Å². The van der Waals surface area contributed by atoms with E-state index in [1.165, 1.54) is 5.56 Å². The van der Waals surface area contributed by atoms with Crippen molar-refractivity contribution in [3.05, 3.63) is 71.8 Å². The van der Waals surface area contributed by atoms with Crippen LogP contribution in [0.2, 0.25) is 0 Å². The van der Waals surface area contributed by atoms with Gasteiger partial charge in [-0.2, -0.15) is 0 Å². The molecule has 0 bridgehead atoms. The van der Waals surface area contributed by atoms with Crippen LogP contribution in [-0.4, -0.2) is 48.9 Å². The third-order valence-corrected chi connectivity index (χ3v) is 4.94. The van der Waals surface area contributed by atoms with Gasteiger partial charge < -0.3 is 15.6 Å². The summed E-state index contributed by atoms with van der Waals surface area (Å²) in [6.07, 6.45) is -0.475. The van der Waals surface area contributed by atoms with E-state index in [0.717, 1.165) is 18.7 Å². The van der Waals surface area contributed by atoms with Gasteiger partial charge in [0.2, 0.25) is 0 Å². The zero-order chi connectivity index (χ0) is 17.5. The molecule has 3 N–H and O–H groups in total. The molecule has 1 saturated heterocycles. The lowest BCUT2D eigenvalue weighted by Crippen LogP contribution is -2.34. The van der Waals surface area contributed by atoms with Crippen LogP contribution in [0.1, 0.15) is 17.0 Å². The second-order valence-electron chi connectivity index (χ2n) is 6.89. The molecule has 1 aliphatic heterocycles. The van der Waals surface area contributed by atoms with Crippen molar-refractivity contribution in [1.29, 1.82) is 0 Å². The van der Waals surface area contributed by atoms with Crippen LogP contribution >= 0.6 is 0 Å². The summed E-state index contributed by atoms with van der Waals surface area (Å²) in [5, 5.41) is 10.3. The maximum absolute atomic E-state index is 10.3. The highest BCUT2D eigenvalue weighted by Crippen LogP contribution is 2.31. The van der Waals surface area contributed by atoms with Crippen LogP contribution in [0.3, 0.4) is 0 Å². The van der Waals surface area contributed by atoms with Crippen LogP contribution < -0.4 is 5.73 Å². The Labute approximate surface area is 150 Å². The average Bonchev–Trinajstić information content (AvgIpc) is 3.06. The quantitative estimate of drug-likeness (QED) is 0.774. The minimum Gasteiger partial charge on any atom is -0.389 e. The first kappa shape index (κ1) is 18.1. The predicted molar refractivity (Wildman–Crippen MR) is 100 cm³/mol. The maximum atomic E-state index is 10.3. The Balaban J connectivity index is 1.46. The van der Waals surface area contributed by atoms with E-state index in [9.17, 15) is 5.11 Å². The number of β-amino-alcohol motifs (C(OH)–C–C–N with tert-alkyl or cyclic N) is 1. The first-order valence-corrected chi connectivity index (χ1v) is 9.03. The lowest BCUT2D eigenvalue weighted by atomic mass is 9.89. The minimum absolute atomic E-state index is 0.356. The number of benzene rings is 2. The second-order valence-corrected chi connectivity index (χ2v) is 6.89. The Hall–Kier alpha value is -1.72. The summed E-state index contributed by atoms with van der Waals surface area (Å²) in [6, 6.07) is 20.6. The summed E-state index contributed by atoms with van der Waals surface area (Å²) < 4.78 is 5.66. The smallest absolute Gasteiger partial charge is 0.0900 e. The Morgan fingerprint density at radius 1 is 1.04 bits per heavy atom. The number of ether oxygens (including phenoxy) is 1. The van der Waals surface area contributed by atoms with E-state index in [4.69, 9.17) is 10.5 Å². The van der Waals surface area contributed by atoms with Crippen molar-refractivity contribution in [2.45, 2.75) is 18.6 Å². The molecule has 0 aromatic heterocycles. The lowest BCUT2D eigenvalue weighted by molar-refractivity contribution is 0.0128. The van der Waals surface area contributed by atoms with E-state index in [-0.39, 0.29) is 0 Å². The molecular weight excluding hydrogens is 312 g/mol. The molecule has 0 radical (unpaired) electrons. The molecule has 0 saturated carbocycles. The standard InChI is InChI=1S/C21H28N2O2/c22-11-19-12-23(14-21(19)18-9-5-2-6-10-18)13-20(24)16-25-15-17-7-3-1-4-8-17/h1-10,19-21,24H,11-16,22H2/t19-,20?,21+/m1/s1. The molecule has 3 rings (SSSR count). The fourth-order valence-electron chi connectivity index (χ4n) is 3.66. The van der Waals surface area contributed by atoms with Crippen LogP contribution in [0.25, 0.3) is 0 Å². The van der Waals surface area contributed by atoms with Gasteiger partial charge in [-0.1, -0.05) is 60.7 Å². The third-order valence-electron chi connectivity index (χ3n) is 4.94. The molecular formula is C21H28N2O2. The summed E-state index contributed by atoms with van der Waals surface area (Å²) in [5.74, 6) is 0.892. The highest BCUT2D eigenvalue weighted by Gasteiger charge is 2.33. The molecule has 134 valence electrons. The van der Waals surface area contributed by atoms with Crippen LogP contribution in [-0.2, 0) is 11.3 Å².